The van der Waals surface area contributed by atoms with E-state index in [1.165, 1.54) is 4.90 Å². The van der Waals surface area contributed by atoms with Gasteiger partial charge in [0.15, 0.2) is 0 Å². The largest absolute Gasteiger partial charge is 0.461 e. The van der Waals surface area contributed by atoms with Gasteiger partial charge in [0, 0.05) is 18.6 Å². The molecule has 8 nitrogen and oxygen atoms in total. The summed E-state index contributed by atoms with van der Waals surface area (Å²) in [6.07, 6.45) is 7.10. The molecule has 8 heteroatoms. The second kappa shape index (κ2) is 6.40. The van der Waals surface area contributed by atoms with E-state index >= 15 is 0 Å². The Kier molecular flexibility index (Phi) is 4.44. The van der Waals surface area contributed by atoms with Crippen LogP contribution in [-0.4, -0.2) is 81.8 Å². The number of carbonyl (C=O) groups excluding carboxylic acids is 3. The fourth-order valence-electron chi connectivity index (χ4n) is 5.31. The number of carbonyl (C=O) groups is 3. The number of esters is 1. The number of cyclic esters (lactones) is 1. The number of likely N-dealkylation sites (tertiary alicyclic amines) is 1. The molecule has 0 bridgehead atoms. The smallest absolute Gasteiger partial charge is 0.313 e. The summed E-state index contributed by atoms with van der Waals surface area (Å²) in [6.45, 7) is 7.77. The summed E-state index contributed by atoms with van der Waals surface area (Å²) in [5, 5.41) is 9.58. The first-order valence-electron chi connectivity index (χ1n) is 10.0. The van der Waals surface area contributed by atoms with E-state index in [2.05, 4.69) is 0 Å². The molecule has 29 heavy (non-hydrogen) atoms. The van der Waals surface area contributed by atoms with Gasteiger partial charge in [-0.25, -0.2) is 0 Å². The van der Waals surface area contributed by atoms with E-state index in [9.17, 15) is 19.5 Å². The number of fused-ring (bicyclic) bond motifs is 2. The number of rotatable bonds is 2. The molecule has 2 amide bonds. The molecule has 0 aromatic rings. The second-order valence-corrected chi connectivity index (χ2v) is 9.31. The van der Waals surface area contributed by atoms with Gasteiger partial charge in [-0.15, -0.1) is 0 Å². The normalized spacial score (nSPS) is 39.1. The molecule has 0 aliphatic carbocycles. The summed E-state index contributed by atoms with van der Waals surface area (Å²) >= 11 is 0. The van der Waals surface area contributed by atoms with E-state index in [0.717, 1.165) is 0 Å². The summed E-state index contributed by atoms with van der Waals surface area (Å²) in [4.78, 5) is 43.1. The summed E-state index contributed by atoms with van der Waals surface area (Å²) < 4.78 is 11.8. The molecular weight excluding hydrogens is 376 g/mol. The summed E-state index contributed by atoms with van der Waals surface area (Å²) in [6, 6.07) is -0.949. The van der Waals surface area contributed by atoms with Gasteiger partial charge in [-0.2, -0.15) is 0 Å². The minimum Gasteiger partial charge on any atom is -0.461 e. The van der Waals surface area contributed by atoms with E-state index in [-0.39, 0.29) is 31.6 Å². The van der Waals surface area contributed by atoms with Gasteiger partial charge in [0.05, 0.1) is 18.1 Å². The van der Waals surface area contributed by atoms with Crippen molar-refractivity contribution in [2.45, 2.75) is 50.5 Å². The van der Waals surface area contributed by atoms with E-state index in [0.29, 0.717) is 6.54 Å². The van der Waals surface area contributed by atoms with E-state index in [1.54, 1.807) is 30.1 Å². The lowest BCUT2D eigenvalue weighted by Crippen LogP contribution is -2.59. The molecule has 2 saturated heterocycles. The average molecular weight is 404 g/mol. The number of amides is 2. The molecule has 4 aliphatic rings. The zero-order chi connectivity index (χ0) is 21.2. The standard InChI is InChI=1S/C21H28N2O6/c1-19(2,3)23-9-5-8-21-13(16(25)22(10-11-24)15(21)17(23)26)14-18(27)28-12-6-7-20(14,4)29-21/h5-8,13-15,24H,9-12H2,1-4H3/t13-,14-,15?,20+,21-/m0/s1. The number of aliphatic hydroxyl groups is 1. The molecule has 0 saturated carbocycles. The van der Waals surface area contributed by atoms with Gasteiger partial charge in [-0.1, -0.05) is 18.2 Å². The molecule has 2 fully saturated rings. The van der Waals surface area contributed by atoms with Crippen LogP contribution in [0.2, 0.25) is 0 Å². The van der Waals surface area contributed by atoms with Crippen LogP contribution in [0.5, 0.6) is 0 Å². The van der Waals surface area contributed by atoms with E-state index < -0.39 is 40.6 Å². The molecule has 4 rings (SSSR count). The van der Waals surface area contributed by atoms with Gasteiger partial charge < -0.3 is 24.4 Å². The molecule has 1 unspecified atom stereocenters. The van der Waals surface area contributed by atoms with Crippen molar-refractivity contribution in [2.75, 3.05) is 26.3 Å². The maximum atomic E-state index is 13.7. The number of hydrogen-bond donors (Lipinski definition) is 1. The van der Waals surface area contributed by atoms with Gasteiger partial charge in [-0.3, -0.25) is 14.4 Å². The van der Waals surface area contributed by atoms with Crippen LogP contribution in [0.25, 0.3) is 0 Å². The number of nitrogens with zero attached hydrogens (tertiary/aromatic N) is 2. The van der Waals surface area contributed by atoms with Crippen LogP contribution in [-0.2, 0) is 23.9 Å². The molecule has 158 valence electrons. The van der Waals surface area contributed by atoms with Gasteiger partial charge in [0.25, 0.3) is 0 Å². The highest BCUT2D eigenvalue weighted by Gasteiger charge is 2.74. The molecular formula is C21H28N2O6. The highest BCUT2D eigenvalue weighted by Crippen LogP contribution is 2.57. The van der Waals surface area contributed by atoms with E-state index in [4.69, 9.17) is 9.47 Å². The van der Waals surface area contributed by atoms with Crippen molar-refractivity contribution in [3.63, 3.8) is 0 Å². The fourth-order valence-corrected chi connectivity index (χ4v) is 5.31. The zero-order valence-electron chi connectivity index (χ0n) is 17.3. The Morgan fingerprint density at radius 2 is 1.86 bits per heavy atom. The lowest BCUT2D eigenvalue weighted by molar-refractivity contribution is -0.159. The Hall–Kier alpha value is -2.19. The van der Waals surface area contributed by atoms with Gasteiger partial charge in [0.1, 0.15) is 24.2 Å². The molecule has 5 atom stereocenters. The quantitative estimate of drug-likeness (QED) is 0.524. The molecule has 0 aromatic carbocycles. The third kappa shape index (κ3) is 2.69. The maximum absolute atomic E-state index is 13.7. The molecule has 1 N–H and O–H groups in total. The van der Waals surface area contributed by atoms with Crippen molar-refractivity contribution in [2.24, 2.45) is 11.8 Å². The predicted molar refractivity (Wildman–Crippen MR) is 102 cm³/mol. The van der Waals surface area contributed by atoms with Crippen molar-refractivity contribution < 1.29 is 29.0 Å². The monoisotopic (exact) mass is 404 g/mol. The Morgan fingerprint density at radius 1 is 1.14 bits per heavy atom. The van der Waals surface area contributed by atoms with Crippen LogP contribution < -0.4 is 0 Å². The molecule has 4 heterocycles. The van der Waals surface area contributed by atoms with Gasteiger partial charge in [0.2, 0.25) is 11.8 Å². The molecule has 0 aromatic heterocycles. The number of aliphatic hydroxyl groups excluding tert-OH is 1. The van der Waals surface area contributed by atoms with E-state index in [1.807, 2.05) is 26.8 Å². The first kappa shape index (κ1) is 20.1. The minimum absolute atomic E-state index is 0.00298. The van der Waals surface area contributed by atoms with Crippen molar-refractivity contribution in [1.82, 2.24) is 9.80 Å². The van der Waals surface area contributed by atoms with Crippen molar-refractivity contribution >= 4 is 17.8 Å². The molecule has 4 aliphatic heterocycles. The Labute approximate surface area is 170 Å². The van der Waals surface area contributed by atoms with Crippen molar-refractivity contribution in [3.05, 3.63) is 24.3 Å². The van der Waals surface area contributed by atoms with Gasteiger partial charge in [-0.05, 0) is 33.8 Å². The van der Waals surface area contributed by atoms with Crippen LogP contribution in [0.15, 0.2) is 24.3 Å². The van der Waals surface area contributed by atoms with Crippen LogP contribution in [0.4, 0.5) is 0 Å². The number of β-amino-alcohol motifs (C(OH)–C–C–N with tert-alkyl or cyclic N) is 1. The lowest BCUT2D eigenvalue weighted by atomic mass is 9.74. The minimum atomic E-state index is -1.29. The topological polar surface area (TPSA) is 96.4 Å². The van der Waals surface area contributed by atoms with Crippen LogP contribution in [0.3, 0.4) is 0 Å². The van der Waals surface area contributed by atoms with Crippen LogP contribution in [0, 0.1) is 11.8 Å². The lowest BCUT2D eigenvalue weighted by Gasteiger charge is -2.41. The van der Waals surface area contributed by atoms with Crippen LogP contribution >= 0.6 is 0 Å². The van der Waals surface area contributed by atoms with Crippen molar-refractivity contribution in [1.29, 1.82) is 0 Å². The summed E-state index contributed by atoms with van der Waals surface area (Å²) in [7, 11) is 0. The van der Waals surface area contributed by atoms with Crippen LogP contribution in [0.1, 0.15) is 27.7 Å². The van der Waals surface area contributed by atoms with Crippen molar-refractivity contribution in [3.8, 4) is 0 Å². The third-order valence-corrected chi connectivity index (χ3v) is 6.46. The number of ether oxygens (including phenoxy) is 2. The Bertz CT molecular complexity index is 814. The molecule has 0 radical (unpaired) electrons. The fraction of sp³-hybridized carbons (Fsp3) is 0.667. The first-order chi connectivity index (χ1) is 13.6. The Balaban J connectivity index is 1.89. The average Bonchev–Trinajstić information content (AvgIpc) is 2.85. The summed E-state index contributed by atoms with van der Waals surface area (Å²) in [5.41, 5.74) is -2.81. The van der Waals surface area contributed by atoms with Gasteiger partial charge >= 0.3 is 5.97 Å². The highest BCUT2D eigenvalue weighted by atomic mass is 16.6. The SMILES string of the molecule is CC(C)(C)N1CC=C[C@]23O[C@]4(C)C=CCOC(=O)[C@@H]4[C@H]2C(=O)N(CCO)C3C1=O. The highest BCUT2D eigenvalue weighted by molar-refractivity contribution is 5.99. The second-order valence-electron chi connectivity index (χ2n) is 9.31. The first-order valence-corrected chi connectivity index (χ1v) is 10.0. The zero-order valence-corrected chi connectivity index (χ0v) is 17.3. The number of hydrogen-bond acceptors (Lipinski definition) is 6. The summed E-state index contributed by atoms with van der Waals surface area (Å²) in [5.74, 6) is -2.86. The maximum Gasteiger partial charge on any atom is 0.313 e. The third-order valence-electron chi connectivity index (χ3n) is 6.46. The Morgan fingerprint density at radius 3 is 2.52 bits per heavy atom. The molecule has 1 spiro atoms. The predicted octanol–water partition coefficient (Wildman–Crippen LogP) is 0.260.